The van der Waals surface area contributed by atoms with Gasteiger partial charge >= 0.3 is 5.97 Å². The maximum Gasteiger partial charge on any atom is 0.337 e. The maximum atomic E-state index is 12.3. The van der Waals surface area contributed by atoms with Gasteiger partial charge < -0.3 is 5.11 Å². The van der Waals surface area contributed by atoms with Crippen LogP contribution in [-0.2, 0) is 19.3 Å². The summed E-state index contributed by atoms with van der Waals surface area (Å²) in [5, 5.41) is 11.2. The fraction of sp³-hybridized carbons (Fsp3) is 0.391. The molecule has 2 aromatic heterocycles. The van der Waals surface area contributed by atoms with E-state index in [0.29, 0.717) is 5.56 Å². The quantitative estimate of drug-likeness (QED) is 0.593. The number of fused-ring (bicyclic) bond motifs is 2. The molecule has 2 heterocycles. The van der Waals surface area contributed by atoms with Gasteiger partial charge in [-0.15, -0.1) is 11.3 Å². The number of aromatic carboxylic acids is 1. The molecule has 1 aliphatic rings. The van der Waals surface area contributed by atoms with Crippen LogP contribution in [0, 0.1) is 5.41 Å². The van der Waals surface area contributed by atoms with Crippen LogP contribution >= 0.6 is 11.3 Å². The summed E-state index contributed by atoms with van der Waals surface area (Å²) < 4.78 is 0. The van der Waals surface area contributed by atoms with Crippen molar-refractivity contribution < 1.29 is 9.90 Å². The van der Waals surface area contributed by atoms with Gasteiger partial charge in [-0.3, -0.25) is 0 Å². The maximum absolute atomic E-state index is 12.3. The van der Waals surface area contributed by atoms with E-state index in [4.69, 9.17) is 4.98 Å². The highest BCUT2D eigenvalue weighted by atomic mass is 32.1. The second-order valence-corrected chi connectivity index (χ2v) is 9.40. The van der Waals surface area contributed by atoms with Gasteiger partial charge in [0.1, 0.15) is 0 Å². The van der Waals surface area contributed by atoms with Crippen molar-refractivity contribution in [2.75, 3.05) is 0 Å². The molecule has 1 aliphatic carbocycles. The predicted octanol–water partition coefficient (Wildman–Crippen LogP) is 6.13. The molecule has 0 amide bonds. The van der Waals surface area contributed by atoms with E-state index in [0.717, 1.165) is 64.7 Å². The highest BCUT2D eigenvalue weighted by Crippen LogP contribution is 2.45. The number of aromatic nitrogens is 1. The lowest BCUT2D eigenvalue weighted by Crippen LogP contribution is -2.22. The number of rotatable bonds is 4. The highest BCUT2D eigenvalue weighted by molar-refractivity contribution is 7.16. The Bertz CT molecular complexity index is 1030. The fourth-order valence-electron chi connectivity index (χ4n) is 4.13. The SMILES string of the molecule is CCCc1cc2ccccc2nc1-c1sc2c(c1C(=O)O)CC(C)(C)CC2. The molecule has 4 heteroatoms. The molecule has 0 bridgehead atoms. The molecule has 3 aromatic rings. The Morgan fingerprint density at radius 1 is 1.30 bits per heavy atom. The molecule has 0 radical (unpaired) electrons. The summed E-state index contributed by atoms with van der Waals surface area (Å²) in [4.78, 5) is 19.3. The number of benzene rings is 1. The number of carboxylic acids is 1. The number of thiophene rings is 1. The van der Waals surface area contributed by atoms with Crippen molar-refractivity contribution in [1.82, 2.24) is 4.98 Å². The number of para-hydroxylation sites is 1. The molecule has 0 unspecified atom stereocenters. The molecule has 0 aliphatic heterocycles. The monoisotopic (exact) mass is 379 g/mol. The Morgan fingerprint density at radius 2 is 2.07 bits per heavy atom. The van der Waals surface area contributed by atoms with Crippen LogP contribution in [-0.4, -0.2) is 16.1 Å². The van der Waals surface area contributed by atoms with Crippen LogP contribution in [0.4, 0.5) is 0 Å². The van der Waals surface area contributed by atoms with Crippen molar-refractivity contribution in [3.8, 4) is 10.6 Å². The van der Waals surface area contributed by atoms with Crippen LogP contribution in [0.2, 0.25) is 0 Å². The Hall–Kier alpha value is -2.20. The molecule has 0 atom stereocenters. The second-order valence-electron chi connectivity index (χ2n) is 8.29. The molecule has 1 N–H and O–H groups in total. The minimum absolute atomic E-state index is 0.151. The smallest absolute Gasteiger partial charge is 0.337 e. The van der Waals surface area contributed by atoms with Gasteiger partial charge in [0, 0.05) is 10.3 Å². The predicted molar refractivity (Wildman–Crippen MR) is 112 cm³/mol. The number of hydrogen-bond donors (Lipinski definition) is 1. The van der Waals surface area contributed by atoms with Crippen molar-refractivity contribution in [2.24, 2.45) is 5.41 Å². The number of nitrogens with zero attached hydrogens (tertiary/aromatic N) is 1. The van der Waals surface area contributed by atoms with E-state index in [1.165, 1.54) is 4.88 Å². The van der Waals surface area contributed by atoms with Crippen molar-refractivity contribution in [3.05, 3.63) is 51.9 Å². The van der Waals surface area contributed by atoms with E-state index < -0.39 is 5.97 Å². The minimum Gasteiger partial charge on any atom is -0.478 e. The lowest BCUT2D eigenvalue weighted by molar-refractivity contribution is 0.0696. The van der Waals surface area contributed by atoms with Crippen LogP contribution < -0.4 is 0 Å². The Kier molecular flexibility index (Phi) is 4.55. The van der Waals surface area contributed by atoms with Crippen LogP contribution in [0.3, 0.4) is 0 Å². The molecule has 140 valence electrons. The number of carbonyl (C=O) groups is 1. The van der Waals surface area contributed by atoms with E-state index in [1.54, 1.807) is 11.3 Å². The molecule has 0 saturated carbocycles. The number of pyridine rings is 1. The topological polar surface area (TPSA) is 50.2 Å². The third kappa shape index (κ3) is 3.27. The summed E-state index contributed by atoms with van der Waals surface area (Å²) >= 11 is 1.65. The average molecular weight is 380 g/mol. The molecule has 0 spiro atoms. The van der Waals surface area contributed by atoms with E-state index in [-0.39, 0.29) is 5.41 Å². The molecule has 27 heavy (non-hydrogen) atoms. The number of carboxylic acid groups (broad SMARTS) is 1. The van der Waals surface area contributed by atoms with Gasteiger partial charge in [-0.2, -0.15) is 0 Å². The largest absolute Gasteiger partial charge is 0.478 e. The van der Waals surface area contributed by atoms with E-state index in [1.807, 2.05) is 18.2 Å². The molecule has 1 aromatic carbocycles. The van der Waals surface area contributed by atoms with Crippen LogP contribution in [0.15, 0.2) is 30.3 Å². The molecule has 4 rings (SSSR count). The first-order valence-electron chi connectivity index (χ1n) is 9.66. The lowest BCUT2D eigenvalue weighted by Gasteiger charge is -2.29. The van der Waals surface area contributed by atoms with Gasteiger partial charge in [0.25, 0.3) is 0 Å². The summed E-state index contributed by atoms with van der Waals surface area (Å²) in [7, 11) is 0. The third-order valence-corrected chi connectivity index (χ3v) is 6.82. The zero-order valence-electron chi connectivity index (χ0n) is 16.1. The van der Waals surface area contributed by atoms with Gasteiger partial charge in [0.2, 0.25) is 0 Å². The van der Waals surface area contributed by atoms with Gasteiger partial charge in [-0.1, -0.05) is 45.4 Å². The van der Waals surface area contributed by atoms with Gasteiger partial charge in [-0.25, -0.2) is 9.78 Å². The zero-order valence-corrected chi connectivity index (χ0v) is 16.9. The molecular formula is C23H25NO2S. The van der Waals surface area contributed by atoms with Crippen molar-refractivity contribution >= 4 is 28.2 Å². The van der Waals surface area contributed by atoms with Crippen molar-refractivity contribution in [2.45, 2.75) is 52.9 Å². The van der Waals surface area contributed by atoms with Gasteiger partial charge in [0.05, 0.1) is 21.7 Å². The van der Waals surface area contributed by atoms with Crippen LogP contribution in [0.5, 0.6) is 0 Å². The first-order valence-corrected chi connectivity index (χ1v) is 10.5. The summed E-state index contributed by atoms with van der Waals surface area (Å²) in [6, 6.07) is 10.3. The summed E-state index contributed by atoms with van der Waals surface area (Å²) in [5.74, 6) is -0.822. The number of aryl methyl sites for hydroxylation is 2. The summed E-state index contributed by atoms with van der Waals surface area (Å²) in [6.07, 6.45) is 4.81. The molecule has 0 fully saturated rings. The van der Waals surface area contributed by atoms with E-state index in [9.17, 15) is 9.90 Å². The average Bonchev–Trinajstić information content (AvgIpc) is 2.98. The standard InChI is InChI=1S/C23H25NO2S/c1-4-7-15-12-14-8-5-6-9-17(14)24-20(15)21-19(22(25)26)16-13-23(2,3)11-10-18(16)27-21/h5-6,8-9,12H,4,7,10-11,13H2,1-3H3,(H,25,26). The first-order chi connectivity index (χ1) is 12.9. The van der Waals surface area contributed by atoms with Gasteiger partial charge in [0.15, 0.2) is 0 Å². The minimum atomic E-state index is -0.822. The zero-order chi connectivity index (χ0) is 19.2. The lowest BCUT2D eigenvalue weighted by atomic mass is 9.76. The summed E-state index contributed by atoms with van der Waals surface area (Å²) in [5.41, 5.74) is 4.62. The second kappa shape index (κ2) is 6.75. The highest BCUT2D eigenvalue weighted by Gasteiger charge is 2.33. The van der Waals surface area contributed by atoms with Crippen molar-refractivity contribution in [3.63, 3.8) is 0 Å². The van der Waals surface area contributed by atoms with E-state index in [2.05, 4.69) is 32.9 Å². The normalized spacial score (nSPS) is 15.7. The van der Waals surface area contributed by atoms with Crippen LogP contribution in [0.25, 0.3) is 21.5 Å². The van der Waals surface area contributed by atoms with Crippen molar-refractivity contribution in [1.29, 1.82) is 0 Å². The molecule has 3 nitrogen and oxygen atoms in total. The number of hydrogen-bond acceptors (Lipinski definition) is 3. The van der Waals surface area contributed by atoms with E-state index >= 15 is 0 Å². The fourth-order valence-corrected chi connectivity index (χ4v) is 5.46. The van der Waals surface area contributed by atoms with Gasteiger partial charge in [-0.05, 0) is 54.4 Å². The Morgan fingerprint density at radius 3 is 2.81 bits per heavy atom. The summed E-state index contributed by atoms with van der Waals surface area (Å²) in [6.45, 7) is 6.62. The molecule has 0 saturated heterocycles. The first kappa shape index (κ1) is 18.2. The Balaban J connectivity index is 1.97. The molecular weight excluding hydrogens is 354 g/mol. The third-order valence-electron chi connectivity index (χ3n) is 5.53. The van der Waals surface area contributed by atoms with Crippen LogP contribution in [0.1, 0.15) is 60.0 Å². The Labute approximate surface area is 164 Å².